The Labute approximate surface area is 175 Å². The summed E-state index contributed by atoms with van der Waals surface area (Å²) in [4.78, 5) is 34.3. The Morgan fingerprint density at radius 2 is 2.03 bits per heavy atom. The third-order valence-electron chi connectivity index (χ3n) is 6.23. The van der Waals surface area contributed by atoms with Gasteiger partial charge in [-0.1, -0.05) is 31.9 Å². The van der Waals surface area contributed by atoms with E-state index < -0.39 is 12.1 Å². The second kappa shape index (κ2) is 7.52. The Kier molecular flexibility index (Phi) is 5.02. The number of carbonyl (C=O) groups is 2. The number of terminal acetylenes is 1. The van der Waals surface area contributed by atoms with Gasteiger partial charge in [-0.15, -0.1) is 6.42 Å². The van der Waals surface area contributed by atoms with E-state index in [4.69, 9.17) is 6.42 Å². The quantitative estimate of drug-likeness (QED) is 0.663. The number of nitrogens with zero attached hydrogens (tertiary/aromatic N) is 2. The summed E-state index contributed by atoms with van der Waals surface area (Å²) in [5.41, 5.74) is 2.79. The molecule has 7 nitrogen and oxygen atoms in total. The number of rotatable bonds is 5. The SMILES string of the molecule is C#Cc1ccc(-c2cnc(C3CC4(CC4)CN3C(=O)C(NC(=O)O)C(C)C)[nH]2)cc1. The van der Waals surface area contributed by atoms with Crippen LogP contribution in [0.25, 0.3) is 11.3 Å². The van der Waals surface area contributed by atoms with Crippen LogP contribution < -0.4 is 5.32 Å². The van der Waals surface area contributed by atoms with Crippen molar-refractivity contribution < 1.29 is 14.7 Å². The smallest absolute Gasteiger partial charge is 0.405 e. The first-order chi connectivity index (χ1) is 14.3. The molecule has 1 spiro atoms. The summed E-state index contributed by atoms with van der Waals surface area (Å²) in [6, 6.07) is 6.69. The van der Waals surface area contributed by atoms with E-state index in [0.29, 0.717) is 6.54 Å². The molecule has 156 valence electrons. The maximum atomic E-state index is 13.3. The van der Waals surface area contributed by atoms with Gasteiger partial charge in [0, 0.05) is 12.1 Å². The first kappa shape index (κ1) is 20.0. The topological polar surface area (TPSA) is 98.3 Å². The number of carbonyl (C=O) groups excluding carboxylic acids is 1. The molecule has 30 heavy (non-hydrogen) atoms. The van der Waals surface area contributed by atoms with Gasteiger partial charge in [-0.3, -0.25) is 4.79 Å². The first-order valence-corrected chi connectivity index (χ1v) is 10.2. The van der Waals surface area contributed by atoms with Crippen molar-refractivity contribution in [3.63, 3.8) is 0 Å². The first-order valence-electron chi connectivity index (χ1n) is 10.2. The van der Waals surface area contributed by atoms with Gasteiger partial charge in [-0.05, 0) is 48.3 Å². The maximum Gasteiger partial charge on any atom is 0.405 e. The molecule has 1 saturated carbocycles. The van der Waals surface area contributed by atoms with Crippen molar-refractivity contribution in [2.45, 2.75) is 45.2 Å². The average molecular weight is 406 g/mol. The highest BCUT2D eigenvalue weighted by Gasteiger charge is 2.55. The zero-order chi connectivity index (χ0) is 21.5. The number of hydrogen-bond acceptors (Lipinski definition) is 3. The van der Waals surface area contributed by atoms with Crippen molar-refractivity contribution in [1.29, 1.82) is 0 Å². The molecule has 2 atom stereocenters. The van der Waals surface area contributed by atoms with E-state index in [-0.39, 0.29) is 23.3 Å². The van der Waals surface area contributed by atoms with Gasteiger partial charge in [0.15, 0.2) is 0 Å². The van der Waals surface area contributed by atoms with Crippen molar-refractivity contribution in [1.82, 2.24) is 20.2 Å². The second-order valence-corrected chi connectivity index (χ2v) is 8.76. The Morgan fingerprint density at radius 3 is 2.60 bits per heavy atom. The van der Waals surface area contributed by atoms with Gasteiger partial charge in [-0.25, -0.2) is 9.78 Å². The molecule has 2 amide bonds. The number of aromatic nitrogens is 2. The fraction of sp³-hybridized carbons (Fsp3) is 0.435. The molecule has 3 N–H and O–H groups in total. The highest BCUT2D eigenvalue weighted by atomic mass is 16.4. The summed E-state index contributed by atoms with van der Waals surface area (Å²) < 4.78 is 0. The molecule has 0 bridgehead atoms. The average Bonchev–Trinajstić information content (AvgIpc) is 3.13. The number of amides is 2. The standard InChI is InChI=1S/C23H26N4O3/c1-4-15-5-7-16(8-6-15)17-12-24-20(25-17)18-11-23(9-10-23)13-27(18)21(28)19(14(2)3)26-22(29)30/h1,5-8,12,14,18-19,26H,9-11,13H2,2-3H3,(H,24,25)(H,29,30). The van der Waals surface area contributed by atoms with Crippen LogP contribution >= 0.6 is 0 Å². The third-order valence-corrected chi connectivity index (χ3v) is 6.23. The minimum Gasteiger partial charge on any atom is -0.465 e. The summed E-state index contributed by atoms with van der Waals surface area (Å²) in [5, 5.41) is 11.6. The second-order valence-electron chi connectivity index (χ2n) is 8.76. The van der Waals surface area contributed by atoms with Gasteiger partial charge in [0.1, 0.15) is 11.9 Å². The van der Waals surface area contributed by atoms with Crippen LogP contribution in [0.5, 0.6) is 0 Å². The molecule has 2 heterocycles. The molecule has 1 aliphatic heterocycles. The molecule has 2 aromatic rings. The van der Waals surface area contributed by atoms with Crippen molar-refractivity contribution >= 4 is 12.0 Å². The van der Waals surface area contributed by atoms with Crippen LogP contribution in [0.2, 0.25) is 0 Å². The maximum absolute atomic E-state index is 13.3. The molecule has 1 aliphatic carbocycles. The van der Waals surface area contributed by atoms with E-state index in [1.807, 2.05) is 43.0 Å². The fourth-order valence-electron chi connectivity index (χ4n) is 4.30. The molecule has 2 unspecified atom stereocenters. The number of H-pyrrole nitrogens is 1. The summed E-state index contributed by atoms with van der Waals surface area (Å²) in [5.74, 6) is 3.01. The van der Waals surface area contributed by atoms with E-state index >= 15 is 0 Å². The van der Waals surface area contributed by atoms with Gasteiger partial charge in [0.2, 0.25) is 5.91 Å². The van der Waals surface area contributed by atoms with Crippen LogP contribution in [0.4, 0.5) is 4.79 Å². The van der Waals surface area contributed by atoms with Gasteiger partial charge < -0.3 is 20.3 Å². The Bertz CT molecular complexity index is 998. The minimum absolute atomic E-state index is 0.145. The lowest BCUT2D eigenvalue weighted by molar-refractivity contribution is -0.135. The predicted octanol–water partition coefficient (Wildman–Crippen LogP) is 3.40. The molecular formula is C23H26N4O3. The van der Waals surface area contributed by atoms with Crippen LogP contribution in [0.1, 0.15) is 50.5 Å². The van der Waals surface area contributed by atoms with E-state index in [9.17, 15) is 14.7 Å². The monoisotopic (exact) mass is 406 g/mol. The highest BCUT2D eigenvalue weighted by molar-refractivity contribution is 5.86. The Morgan fingerprint density at radius 1 is 1.33 bits per heavy atom. The van der Waals surface area contributed by atoms with Crippen LogP contribution in [-0.4, -0.2) is 44.6 Å². The molecule has 1 saturated heterocycles. The van der Waals surface area contributed by atoms with Crippen molar-refractivity contribution in [2.24, 2.45) is 11.3 Å². The third kappa shape index (κ3) is 3.78. The fourth-order valence-corrected chi connectivity index (χ4v) is 4.30. The number of hydrogen-bond donors (Lipinski definition) is 3. The molecule has 1 aromatic carbocycles. The Balaban J connectivity index is 1.60. The summed E-state index contributed by atoms with van der Waals surface area (Å²) in [6.07, 6.45) is 9.04. The number of aromatic amines is 1. The lowest BCUT2D eigenvalue weighted by Gasteiger charge is -2.29. The molecule has 7 heteroatoms. The molecule has 0 radical (unpaired) electrons. The predicted molar refractivity (Wildman–Crippen MR) is 112 cm³/mol. The van der Waals surface area contributed by atoms with E-state index in [1.165, 1.54) is 0 Å². The lowest BCUT2D eigenvalue weighted by atomic mass is 10.0. The van der Waals surface area contributed by atoms with Crippen LogP contribution in [-0.2, 0) is 4.79 Å². The van der Waals surface area contributed by atoms with E-state index in [0.717, 1.165) is 41.9 Å². The highest BCUT2D eigenvalue weighted by Crippen LogP contribution is 2.58. The van der Waals surface area contributed by atoms with E-state index in [1.54, 1.807) is 6.20 Å². The van der Waals surface area contributed by atoms with Gasteiger partial charge in [0.05, 0.1) is 17.9 Å². The zero-order valence-corrected chi connectivity index (χ0v) is 17.2. The summed E-state index contributed by atoms with van der Waals surface area (Å²) in [6.45, 7) is 4.34. The number of likely N-dealkylation sites (tertiary alicyclic amines) is 1. The summed E-state index contributed by atoms with van der Waals surface area (Å²) in [7, 11) is 0. The van der Waals surface area contributed by atoms with Crippen molar-refractivity contribution in [3.05, 3.63) is 41.9 Å². The van der Waals surface area contributed by atoms with Gasteiger partial charge >= 0.3 is 6.09 Å². The molecular weight excluding hydrogens is 380 g/mol. The number of carboxylic acid groups (broad SMARTS) is 1. The summed E-state index contributed by atoms with van der Waals surface area (Å²) >= 11 is 0. The zero-order valence-electron chi connectivity index (χ0n) is 17.2. The number of imidazole rings is 1. The van der Waals surface area contributed by atoms with E-state index in [2.05, 4.69) is 21.2 Å². The van der Waals surface area contributed by atoms with Crippen LogP contribution in [0, 0.1) is 23.7 Å². The number of benzene rings is 1. The number of nitrogens with one attached hydrogen (secondary N) is 2. The molecule has 4 rings (SSSR count). The molecule has 2 aliphatic rings. The normalized spacial score (nSPS) is 20.2. The molecule has 2 fully saturated rings. The van der Waals surface area contributed by atoms with Crippen molar-refractivity contribution in [2.75, 3.05) is 6.54 Å². The Hall–Kier alpha value is -3.27. The van der Waals surface area contributed by atoms with Gasteiger partial charge in [0.25, 0.3) is 0 Å². The van der Waals surface area contributed by atoms with Crippen molar-refractivity contribution in [3.8, 4) is 23.6 Å². The van der Waals surface area contributed by atoms with Crippen LogP contribution in [0.15, 0.2) is 30.5 Å². The minimum atomic E-state index is -1.19. The molecule has 1 aromatic heterocycles. The van der Waals surface area contributed by atoms with Gasteiger partial charge in [-0.2, -0.15) is 0 Å². The van der Waals surface area contributed by atoms with Crippen LogP contribution in [0.3, 0.4) is 0 Å². The lowest BCUT2D eigenvalue weighted by Crippen LogP contribution is -2.51. The largest absolute Gasteiger partial charge is 0.465 e.